The van der Waals surface area contributed by atoms with Crippen molar-refractivity contribution >= 4 is 52.5 Å². The molecule has 0 spiro atoms. The lowest BCUT2D eigenvalue weighted by atomic mass is 10.1. The van der Waals surface area contributed by atoms with E-state index < -0.39 is 40.7 Å². The number of esters is 1. The zero-order valence-electron chi connectivity index (χ0n) is 27.6. The highest BCUT2D eigenvalue weighted by atomic mass is 35.5. The van der Waals surface area contributed by atoms with Crippen LogP contribution in [0.5, 0.6) is 11.5 Å². The van der Waals surface area contributed by atoms with E-state index in [9.17, 15) is 24.5 Å². The van der Waals surface area contributed by atoms with E-state index in [0.717, 1.165) is 0 Å². The molecular formula is C33H38ClN5O9. The second kappa shape index (κ2) is 15.5. The third kappa shape index (κ3) is 11.2. The van der Waals surface area contributed by atoms with Gasteiger partial charge in [0, 0.05) is 40.1 Å². The van der Waals surface area contributed by atoms with Crippen LogP contribution in [-0.2, 0) is 20.8 Å². The highest BCUT2D eigenvalue weighted by molar-refractivity contribution is 6.31. The fraction of sp³-hybridized carbons (Fsp3) is 0.333. The van der Waals surface area contributed by atoms with Crippen LogP contribution in [-0.4, -0.2) is 53.6 Å². The van der Waals surface area contributed by atoms with Crippen LogP contribution in [0, 0.1) is 15.5 Å². The van der Waals surface area contributed by atoms with Crippen LogP contribution in [0.2, 0.25) is 5.02 Å². The second-order valence-electron chi connectivity index (χ2n) is 12.3. The molecule has 3 aromatic rings. The van der Waals surface area contributed by atoms with Gasteiger partial charge in [-0.2, -0.15) is 0 Å². The van der Waals surface area contributed by atoms with Crippen molar-refractivity contribution < 1.29 is 38.3 Å². The number of benzene rings is 3. The zero-order chi connectivity index (χ0) is 35.8. The summed E-state index contributed by atoms with van der Waals surface area (Å²) >= 11 is 6.22. The molecule has 0 bridgehead atoms. The second-order valence-corrected chi connectivity index (χ2v) is 12.8. The minimum Gasteiger partial charge on any atom is -0.493 e. The van der Waals surface area contributed by atoms with Gasteiger partial charge in [0.15, 0.2) is 18.1 Å². The summed E-state index contributed by atoms with van der Waals surface area (Å²) in [6.45, 7) is 9.69. The zero-order valence-corrected chi connectivity index (χ0v) is 28.4. The minimum absolute atomic E-state index is 0.0245. The van der Waals surface area contributed by atoms with E-state index in [1.165, 1.54) is 25.3 Å². The number of halogens is 1. The normalized spacial score (nSPS) is 11.2. The van der Waals surface area contributed by atoms with Gasteiger partial charge in [0.1, 0.15) is 17.0 Å². The lowest BCUT2D eigenvalue weighted by Crippen LogP contribution is -2.36. The number of amidine groups is 1. The number of rotatable bonds is 11. The number of carbonyl (C=O) groups is 3. The van der Waals surface area contributed by atoms with Gasteiger partial charge in [-0.3, -0.25) is 25.6 Å². The summed E-state index contributed by atoms with van der Waals surface area (Å²) in [5, 5.41) is 28.3. The first-order chi connectivity index (χ1) is 22.3. The number of anilines is 2. The van der Waals surface area contributed by atoms with Crippen molar-refractivity contribution in [1.82, 2.24) is 5.32 Å². The Morgan fingerprint density at radius 1 is 0.938 bits per heavy atom. The van der Waals surface area contributed by atoms with Gasteiger partial charge in [-0.05, 0) is 84.0 Å². The number of nitro groups is 1. The highest BCUT2D eigenvalue weighted by Crippen LogP contribution is 2.37. The maximum absolute atomic E-state index is 13.4. The van der Waals surface area contributed by atoms with Gasteiger partial charge < -0.3 is 29.6 Å². The summed E-state index contributed by atoms with van der Waals surface area (Å²) in [6, 6.07) is 13.2. The standard InChI is InChI=1S/C33H38ClN5O9/c1-32(2,3)47-27(40)18-46-28-20(14-23(39(43)44)16-26(28)45-7)17-36-25-13-10-21(34)15-24(25)30(41)37-22-11-8-19(9-12-22)29(35)38-31(42)48-33(4,5)6/h8-16,36H,17-18H2,1-7H3,(H,37,41)(H2,35,38,42). The van der Waals surface area contributed by atoms with Crippen LogP contribution in [0.4, 0.5) is 21.9 Å². The van der Waals surface area contributed by atoms with Gasteiger partial charge >= 0.3 is 12.1 Å². The Kier molecular flexibility index (Phi) is 12.0. The number of carbonyl (C=O) groups excluding carboxylic acids is 3. The van der Waals surface area contributed by atoms with Crippen molar-refractivity contribution in [2.24, 2.45) is 0 Å². The number of nitrogens with one attached hydrogen (secondary N) is 4. The fourth-order valence-corrected chi connectivity index (χ4v) is 4.32. The Bertz CT molecular complexity index is 1700. The summed E-state index contributed by atoms with van der Waals surface area (Å²) in [4.78, 5) is 48.8. The number of amides is 2. The topological polar surface area (TPSA) is 191 Å². The first kappa shape index (κ1) is 37.1. The molecule has 0 aromatic heterocycles. The quantitative estimate of drug-likeness (QED) is 0.0556. The van der Waals surface area contributed by atoms with Crippen LogP contribution in [0.15, 0.2) is 54.6 Å². The molecule has 256 valence electrons. The largest absolute Gasteiger partial charge is 0.493 e. The third-order valence-corrected chi connectivity index (χ3v) is 6.29. The molecule has 0 saturated heterocycles. The van der Waals surface area contributed by atoms with Gasteiger partial charge in [0.05, 0.1) is 23.7 Å². The summed E-state index contributed by atoms with van der Waals surface area (Å²) in [5.74, 6) is -1.27. The summed E-state index contributed by atoms with van der Waals surface area (Å²) in [6.07, 6.45) is -0.767. The number of hydrogen-bond donors (Lipinski definition) is 4. The number of methoxy groups -OCH3 is 1. The van der Waals surface area contributed by atoms with E-state index in [1.54, 1.807) is 77.9 Å². The van der Waals surface area contributed by atoms with Crippen molar-refractivity contribution in [3.8, 4) is 11.5 Å². The number of alkyl carbamates (subject to hydrolysis) is 1. The Morgan fingerprint density at radius 2 is 1.58 bits per heavy atom. The van der Waals surface area contributed by atoms with E-state index in [-0.39, 0.29) is 45.7 Å². The third-order valence-electron chi connectivity index (χ3n) is 6.05. The smallest absolute Gasteiger partial charge is 0.413 e. The van der Waals surface area contributed by atoms with Crippen molar-refractivity contribution in [2.75, 3.05) is 24.4 Å². The minimum atomic E-state index is -0.767. The Labute approximate surface area is 282 Å². The molecule has 0 aliphatic rings. The van der Waals surface area contributed by atoms with E-state index >= 15 is 0 Å². The molecule has 0 saturated carbocycles. The van der Waals surface area contributed by atoms with Crippen LogP contribution >= 0.6 is 11.6 Å². The SMILES string of the molecule is COc1cc([N+](=O)[O-])cc(CNc2ccc(Cl)cc2C(=O)Nc2ccc(C(=N)NC(=O)OC(C)(C)C)cc2)c1OCC(=O)OC(C)(C)C. The molecule has 2 amide bonds. The van der Waals surface area contributed by atoms with Crippen molar-refractivity contribution in [3.05, 3.63) is 86.4 Å². The average molecular weight is 684 g/mol. The number of non-ortho nitro benzene ring substituents is 1. The fourth-order valence-electron chi connectivity index (χ4n) is 4.14. The maximum Gasteiger partial charge on any atom is 0.413 e. The molecule has 4 N–H and O–H groups in total. The van der Waals surface area contributed by atoms with Crippen LogP contribution in [0.1, 0.15) is 63.0 Å². The van der Waals surface area contributed by atoms with Crippen molar-refractivity contribution in [3.63, 3.8) is 0 Å². The number of hydrogen-bond acceptors (Lipinski definition) is 11. The Morgan fingerprint density at radius 3 is 2.17 bits per heavy atom. The molecule has 0 heterocycles. The molecule has 0 atom stereocenters. The number of nitro benzene ring substituents is 1. The van der Waals surface area contributed by atoms with Gasteiger partial charge in [-0.1, -0.05) is 11.6 Å². The van der Waals surface area contributed by atoms with Gasteiger partial charge in [-0.15, -0.1) is 0 Å². The highest BCUT2D eigenvalue weighted by Gasteiger charge is 2.23. The molecule has 0 unspecified atom stereocenters. The summed E-state index contributed by atoms with van der Waals surface area (Å²) < 4.78 is 21.5. The molecule has 0 fully saturated rings. The van der Waals surface area contributed by atoms with E-state index in [0.29, 0.717) is 16.9 Å². The Balaban J connectivity index is 1.80. The average Bonchev–Trinajstić information content (AvgIpc) is 2.97. The molecule has 48 heavy (non-hydrogen) atoms. The molecule has 0 aliphatic heterocycles. The van der Waals surface area contributed by atoms with Crippen LogP contribution in [0.3, 0.4) is 0 Å². The molecular weight excluding hydrogens is 646 g/mol. The monoisotopic (exact) mass is 683 g/mol. The first-order valence-corrected chi connectivity index (χ1v) is 15.0. The lowest BCUT2D eigenvalue weighted by molar-refractivity contribution is -0.385. The van der Waals surface area contributed by atoms with Crippen molar-refractivity contribution in [2.45, 2.75) is 59.3 Å². The molecule has 3 aromatic carbocycles. The van der Waals surface area contributed by atoms with E-state index in [1.807, 2.05) is 0 Å². The van der Waals surface area contributed by atoms with Gasteiger partial charge in [0.2, 0.25) is 0 Å². The van der Waals surface area contributed by atoms with E-state index in [4.69, 9.17) is 36.0 Å². The lowest BCUT2D eigenvalue weighted by Gasteiger charge is -2.21. The van der Waals surface area contributed by atoms with Gasteiger partial charge in [0.25, 0.3) is 11.6 Å². The number of ether oxygens (including phenoxy) is 4. The predicted molar refractivity (Wildman–Crippen MR) is 180 cm³/mol. The molecule has 15 heteroatoms. The Hall–Kier alpha value is -5.37. The predicted octanol–water partition coefficient (Wildman–Crippen LogP) is 6.69. The van der Waals surface area contributed by atoms with Crippen LogP contribution in [0.25, 0.3) is 0 Å². The number of nitrogens with zero attached hydrogens (tertiary/aromatic N) is 1. The van der Waals surface area contributed by atoms with E-state index in [2.05, 4.69) is 16.0 Å². The molecule has 0 radical (unpaired) electrons. The molecule has 0 aliphatic carbocycles. The maximum atomic E-state index is 13.4. The first-order valence-electron chi connectivity index (χ1n) is 14.6. The molecule has 14 nitrogen and oxygen atoms in total. The van der Waals surface area contributed by atoms with Crippen molar-refractivity contribution in [1.29, 1.82) is 5.41 Å². The molecule has 3 rings (SSSR count). The summed E-state index contributed by atoms with van der Waals surface area (Å²) in [5.41, 5.74) is -0.234. The van der Waals surface area contributed by atoms with Gasteiger partial charge in [-0.25, -0.2) is 9.59 Å². The van der Waals surface area contributed by atoms with Crippen LogP contribution < -0.4 is 25.4 Å². The summed E-state index contributed by atoms with van der Waals surface area (Å²) in [7, 11) is 1.31.